The molecule has 17 heavy (non-hydrogen) atoms. The van der Waals surface area contributed by atoms with E-state index >= 15 is 0 Å². The molecule has 1 fully saturated rings. The molecular weight excluding hydrogens is 393 g/mol. The van der Waals surface area contributed by atoms with Crippen LogP contribution in [0.3, 0.4) is 0 Å². The third-order valence-corrected chi connectivity index (χ3v) is 4.80. The largest absolute Gasteiger partial charge is 0.338 e. The normalized spacial score (nSPS) is 24.1. The van der Waals surface area contributed by atoms with E-state index in [1.165, 1.54) is 0 Å². The van der Waals surface area contributed by atoms with Crippen molar-refractivity contribution in [2.45, 2.75) is 13.8 Å². The Kier molecular flexibility index (Phi) is 4.13. The van der Waals surface area contributed by atoms with Gasteiger partial charge in [-0.1, -0.05) is 13.8 Å². The highest BCUT2D eigenvalue weighted by Gasteiger charge is 2.30. The van der Waals surface area contributed by atoms with Crippen molar-refractivity contribution in [2.24, 2.45) is 11.8 Å². The molecule has 1 aliphatic heterocycles. The first-order valence-electron chi connectivity index (χ1n) is 5.73. The number of carbonyl (C=O) groups is 1. The smallest absolute Gasteiger partial charge is 0.255 e. The number of rotatable bonds is 1. The molecule has 0 saturated carbocycles. The summed E-state index contributed by atoms with van der Waals surface area (Å²) >= 11 is 5.69. The van der Waals surface area contributed by atoms with Gasteiger partial charge >= 0.3 is 0 Å². The second-order valence-electron chi connectivity index (χ2n) is 4.79. The number of nitrogens with zero attached hydrogens (tertiary/aromatic N) is 1. The molecule has 0 spiro atoms. The van der Waals surface area contributed by atoms with Gasteiger partial charge in [0.15, 0.2) is 0 Å². The minimum atomic E-state index is 0.145. The summed E-state index contributed by atoms with van der Waals surface area (Å²) in [6.07, 6.45) is 0. The second kappa shape index (κ2) is 5.26. The number of carbonyl (C=O) groups excluding carboxylic acids is 1. The van der Waals surface area contributed by atoms with Crippen molar-refractivity contribution in [3.05, 3.63) is 31.8 Å². The Bertz CT molecular complexity index is 439. The number of hydrogen-bond acceptors (Lipinski definition) is 1. The fraction of sp³-hybridized carbons (Fsp3) is 0.462. The van der Waals surface area contributed by atoms with Crippen LogP contribution in [-0.2, 0) is 0 Å². The molecular formula is C13H15BrINO. The van der Waals surface area contributed by atoms with E-state index in [-0.39, 0.29) is 5.91 Å². The third-order valence-electron chi connectivity index (χ3n) is 3.43. The maximum absolute atomic E-state index is 12.4. The van der Waals surface area contributed by atoms with E-state index in [1.54, 1.807) is 0 Å². The van der Waals surface area contributed by atoms with E-state index in [2.05, 4.69) is 52.4 Å². The minimum Gasteiger partial charge on any atom is -0.338 e. The van der Waals surface area contributed by atoms with Crippen LogP contribution in [0.1, 0.15) is 24.2 Å². The highest BCUT2D eigenvalue weighted by atomic mass is 127. The van der Waals surface area contributed by atoms with Gasteiger partial charge in [0.25, 0.3) is 5.91 Å². The van der Waals surface area contributed by atoms with Gasteiger partial charge < -0.3 is 4.90 Å². The lowest BCUT2D eigenvalue weighted by molar-refractivity contribution is 0.0784. The summed E-state index contributed by atoms with van der Waals surface area (Å²) in [4.78, 5) is 14.4. The lowest BCUT2D eigenvalue weighted by Crippen LogP contribution is -2.29. The standard InChI is InChI=1S/C13H15BrINO/c1-8-6-16(7-9(8)2)13(17)11-5-10(15)3-4-12(11)14/h3-5,8-9H,6-7H2,1-2H3. The Morgan fingerprint density at radius 1 is 1.35 bits per heavy atom. The number of benzene rings is 1. The van der Waals surface area contributed by atoms with Crippen molar-refractivity contribution < 1.29 is 4.79 Å². The molecule has 0 bridgehead atoms. The van der Waals surface area contributed by atoms with Gasteiger partial charge in [-0.05, 0) is 68.6 Å². The van der Waals surface area contributed by atoms with Crippen LogP contribution >= 0.6 is 38.5 Å². The van der Waals surface area contributed by atoms with E-state index < -0.39 is 0 Å². The van der Waals surface area contributed by atoms with Crippen molar-refractivity contribution in [3.8, 4) is 0 Å². The summed E-state index contributed by atoms with van der Waals surface area (Å²) in [6.45, 7) is 6.17. The van der Waals surface area contributed by atoms with Crippen LogP contribution in [0.15, 0.2) is 22.7 Å². The molecule has 92 valence electrons. The molecule has 4 heteroatoms. The predicted octanol–water partition coefficient (Wildman–Crippen LogP) is 3.78. The molecule has 1 aromatic carbocycles. The molecule has 0 N–H and O–H groups in total. The first-order chi connectivity index (χ1) is 7.99. The molecule has 1 heterocycles. The van der Waals surface area contributed by atoms with Crippen molar-refractivity contribution in [2.75, 3.05) is 13.1 Å². The SMILES string of the molecule is CC1CN(C(=O)c2cc(I)ccc2Br)CC1C. The van der Waals surface area contributed by atoms with E-state index in [0.717, 1.165) is 26.7 Å². The predicted molar refractivity (Wildman–Crippen MR) is 81.1 cm³/mol. The van der Waals surface area contributed by atoms with Crippen molar-refractivity contribution >= 4 is 44.4 Å². The topological polar surface area (TPSA) is 20.3 Å². The molecule has 2 unspecified atom stereocenters. The van der Waals surface area contributed by atoms with Crippen LogP contribution in [0.5, 0.6) is 0 Å². The lowest BCUT2D eigenvalue weighted by atomic mass is 10.0. The summed E-state index contributed by atoms with van der Waals surface area (Å²) < 4.78 is 1.98. The van der Waals surface area contributed by atoms with Gasteiger partial charge in [-0.15, -0.1) is 0 Å². The molecule has 2 nitrogen and oxygen atoms in total. The van der Waals surface area contributed by atoms with Crippen LogP contribution in [-0.4, -0.2) is 23.9 Å². The Hall–Kier alpha value is -0.100. The van der Waals surface area contributed by atoms with E-state index in [0.29, 0.717) is 11.8 Å². The monoisotopic (exact) mass is 407 g/mol. The summed E-state index contributed by atoms with van der Waals surface area (Å²) in [5.74, 6) is 1.34. The van der Waals surface area contributed by atoms with Crippen LogP contribution in [0.2, 0.25) is 0 Å². The van der Waals surface area contributed by atoms with Gasteiger partial charge in [-0.25, -0.2) is 0 Å². The quantitative estimate of drug-likeness (QED) is 0.648. The Morgan fingerprint density at radius 2 is 1.94 bits per heavy atom. The molecule has 0 aromatic heterocycles. The van der Waals surface area contributed by atoms with Gasteiger partial charge in [-0.2, -0.15) is 0 Å². The Labute approximate surface area is 124 Å². The van der Waals surface area contributed by atoms with E-state index in [4.69, 9.17) is 0 Å². The Balaban J connectivity index is 2.23. The summed E-state index contributed by atoms with van der Waals surface area (Å²) in [6, 6.07) is 5.88. The first kappa shape index (κ1) is 13.3. The lowest BCUT2D eigenvalue weighted by Gasteiger charge is -2.17. The molecule has 1 amide bonds. The second-order valence-corrected chi connectivity index (χ2v) is 6.89. The van der Waals surface area contributed by atoms with Crippen molar-refractivity contribution in [1.29, 1.82) is 0 Å². The maximum Gasteiger partial charge on any atom is 0.255 e. The zero-order valence-electron chi connectivity index (χ0n) is 9.91. The van der Waals surface area contributed by atoms with Gasteiger partial charge in [0.1, 0.15) is 0 Å². The van der Waals surface area contributed by atoms with Gasteiger partial charge in [0.05, 0.1) is 5.56 Å². The first-order valence-corrected chi connectivity index (χ1v) is 7.60. The highest BCUT2D eigenvalue weighted by molar-refractivity contribution is 14.1. The van der Waals surface area contributed by atoms with Gasteiger partial charge in [0.2, 0.25) is 0 Å². The summed E-state index contributed by atoms with van der Waals surface area (Å²) in [7, 11) is 0. The highest BCUT2D eigenvalue weighted by Crippen LogP contribution is 2.27. The van der Waals surface area contributed by atoms with Crippen molar-refractivity contribution in [1.82, 2.24) is 4.90 Å². The fourth-order valence-electron chi connectivity index (χ4n) is 2.13. The van der Waals surface area contributed by atoms with Crippen LogP contribution in [0.4, 0.5) is 0 Å². The van der Waals surface area contributed by atoms with Gasteiger partial charge in [-0.3, -0.25) is 4.79 Å². The van der Waals surface area contributed by atoms with Crippen LogP contribution in [0.25, 0.3) is 0 Å². The van der Waals surface area contributed by atoms with Crippen LogP contribution < -0.4 is 0 Å². The molecule has 0 aliphatic carbocycles. The Morgan fingerprint density at radius 3 is 2.53 bits per heavy atom. The molecule has 2 rings (SSSR count). The third kappa shape index (κ3) is 2.84. The fourth-order valence-corrected chi connectivity index (χ4v) is 3.03. The van der Waals surface area contributed by atoms with Crippen LogP contribution in [0, 0.1) is 15.4 Å². The van der Waals surface area contributed by atoms with Crippen molar-refractivity contribution in [3.63, 3.8) is 0 Å². The maximum atomic E-state index is 12.4. The number of amides is 1. The summed E-state index contributed by atoms with van der Waals surface area (Å²) in [5, 5.41) is 0. The van der Waals surface area contributed by atoms with E-state index in [9.17, 15) is 4.79 Å². The number of likely N-dealkylation sites (tertiary alicyclic amines) is 1. The van der Waals surface area contributed by atoms with E-state index in [1.807, 2.05) is 23.1 Å². The number of hydrogen-bond donors (Lipinski definition) is 0. The molecule has 1 aromatic rings. The minimum absolute atomic E-state index is 0.145. The molecule has 1 aliphatic rings. The van der Waals surface area contributed by atoms with Gasteiger partial charge in [0, 0.05) is 21.1 Å². The summed E-state index contributed by atoms with van der Waals surface area (Å²) in [5.41, 5.74) is 0.776. The molecule has 1 saturated heterocycles. The zero-order valence-corrected chi connectivity index (χ0v) is 13.7. The molecule has 0 radical (unpaired) electrons. The average molecular weight is 408 g/mol. The molecule has 2 atom stereocenters. The number of halogens is 2. The zero-order chi connectivity index (χ0) is 12.6. The average Bonchev–Trinajstić information content (AvgIpc) is 2.62.